The molecule has 2 bridgehead atoms. The van der Waals surface area contributed by atoms with E-state index in [0.29, 0.717) is 18.8 Å². The summed E-state index contributed by atoms with van der Waals surface area (Å²) in [7, 11) is 0. The zero-order valence-corrected chi connectivity index (χ0v) is 8.46. The van der Waals surface area contributed by atoms with Crippen molar-refractivity contribution in [2.24, 2.45) is 16.7 Å². The summed E-state index contributed by atoms with van der Waals surface area (Å²) in [6, 6.07) is 0. The molecule has 0 radical (unpaired) electrons. The quantitative estimate of drug-likeness (QED) is 0.372. The van der Waals surface area contributed by atoms with Gasteiger partial charge in [0.1, 0.15) is 11.2 Å². The van der Waals surface area contributed by atoms with Crippen molar-refractivity contribution in [1.82, 2.24) is 5.48 Å². The van der Waals surface area contributed by atoms with Crippen LogP contribution in [-0.4, -0.2) is 16.9 Å². The van der Waals surface area contributed by atoms with Crippen molar-refractivity contribution in [3.63, 3.8) is 0 Å². The van der Waals surface area contributed by atoms with Crippen molar-refractivity contribution in [3.05, 3.63) is 0 Å². The Bertz CT molecular complexity index is 310. The summed E-state index contributed by atoms with van der Waals surface area (Å²) in [6.07, 6.45) is 1.97. The van der Waals surface area contributed by atoms with Crippen molar-refractivity contribution < 1.29 is 14.8 Å². The number of carbonyl (C=O) groups excluding carboxylic acids is 2. The van der Waals surface area contributed by atoms with Crippen LogP contribution in [0.25, 0.3) is 0 Å². The zero-order valence-electron chi connectivity index (χ0n) is 8.46. The van der Waals surface area contributed by atoms with Gasteiger partial charge in [-0.25, -0.2) is 5.48 Å². The second-order valence-corrected chi connectivity index (χ2v) is 4.93. The minimum absolute atomic E-state index is 0.00898. The highest BCUT2D eigenvalue weighted by Gasteiger charge is 2.68. The molecular formula is C10H15NO3. The molecule has 2 atom stereocenters. The Labute approximate surface area is 82.6 Å². The van der Waals surface area contributed by atoms with Crippen LogP contribution in [-0.2, 0) is 9.59 Å². The van der Waals surface area contributed by atoms with E-state index in [0.717, 1.165) is 6.42 Å². The Morgan fingerprint density at radius 2 is 2.21 bits per heavy atom. The maximum atomic E-state index is 11.8. The average molecular weight is 197 g/mol. The van der Waals surface area contributed by atoms with E-state index in [1.165, 1.54) is 0 Å². The smallest absolute Gasteiger partial charge is 0.257 e. The maximum absolute atomic E-state index is 11.8. The summed E-state index contributed by atoms with van der Waals surface area (Å²) < 4.78 is 0. The van der Waals surface area contributed by atoms with Gasteiger partial charge in [0.2, 0.25) is 0 Å². The molecule has 0 aromatic rings. The number of ketones is 1. The predicted octanol–water partition coefficient (Wildman–Crippen LogP) is 0.887. The van der Waals surface area contributed by atoms with E-state index in [4.69, 9.17) is 5.21 Å². The third kappa shape index (κ3) is 0.780. The fraction of sp³-hybridized carbons (Fsp3) is 0.800. The first-order valence-electron chi connectivity index (χ1n) is 4.94. The SMILES string of the molecule is CC1(C)C2CC[C@]1(C(=O)NO)C(=O)C2. The van der Waals surface area contributed by atoms with E-state index < -0.39 is 11.3 Å². The van der Waals surface area contributed by atoms with Crippen LogP contribution in [0.2, 0.25) is 0 Å². The number of hydrogen-bond donors (Lipinski definition) is 2. The first-order chi connectivity index (χ1) is 6.46. The van der Waals surface area contributed by atoms with Crippen LogP contribution in [0.1, 0.15) is 33.1 Å². The zero-order chi connectivity index (χ0) is 10.6. The van der Waals surface area contributed by atoms with Crippen LogP contribution < -0.4 is 5.48 Å². The van der Waals surface area contributed by atoms with Crippen LogP contribution in [0.5, 0.6) is 0 Å². The van der Waals surface area contributed by atoms with E-state index in [1.807, 2.05) is 13.8 Å². The van der Waals surface area contributed by atoms with Gasteiger partial charge in [-0.2, -0.15) is 0 Å². The molecule has 2 saturated carbocycles. The van der Waals surface area contributed by atoms with Gasteiger partial charge in [-0.05, 0) is 24.2 Å². The third-order valence-corrected chi connectivity index (χ3v) is 4.39. The fourth-order valence-corrected chi connectivity index (χ4v) is 3.30. The summed E-state index contributed by atoms with van der Waals surface area (Å²) in [5, 5.41) is 8.71. The first kappa shape index (κ1) is 9.65. The van der Waals surface area contributed by atoms with Crippen LogP contribution >= 0.6 is 0 Å². The molecule has 4 heteroatoms. The molecule has 0 heterocycles. The molecule has 0 aliphatic heterocycles. The molecule has 0 spiro atoms. The Hall–Kier alpha value is -0.900. The highest BCUT2D eigenvalue weighted by molar-refractivity contribution is 6.09. The second kappa shape index (κ2) is 2.57. The lowest BCUT2D eigenvalue weighted by Gasteiger charge is -2.33. The topological polar surface area (TPSA) is 66.4 Å². The van der Waals surface area contributed by atoms with Crippen molar-refractivity contribution in [1.29, 1.82) is 0 Å². The summed E-state index contributed by atoms with van der Waals surface area (Å²) in [5.41, 5.74) is 0.377. The Kier molecular flexibility index (Phi) is 1.77. The predicted molar refractivity (Wildman–Crippen MR) is 48.5 cm³/mol. The van der Waals surface area contributed by atoms with Crippen molar-refractivity contribution in [2.45, 2.75) is 33.1 Å². The van der Waals surface area contributed by atoms with Crippen LogP contribution in [0.3, 0.4) is 0 Å². The van der Waals surface area contributed by atoms with E-state index in [9.17, 15) is 9.59 Å². The van der Waals surface area contributed by atoms with Gasteiger partial charge in [-0.3, -0.25) is 14.8 Å². The average Bonchev–Trinajstić information content (AvgIpc) is 2.49. The molecule has 78 valence electrons. The number of nitrogens with one attached hydrogen (secondary N) is 1. The number of rotatable bonds is 1. The largest absolute Gasteiger partial charge is 0.298 e. The highest BCUT2D eigenvalue weighted by Crippen LogP contribution is 2.63. The Balaban J connectivity index is 2.49. The minimum atomic E-state index is -0.966. The van der Waals surface area contributed by atoms with Crippen LogP contribution in [0.4, 0.5) is 0 Å². The minimum Gasteiger partial charge on any atom is -0.298 e. The molecule has 2 aliphatic carbocycles. The molecule has 4 nitrogen and oxygen atoms in total. The monoisotopic (exact) mass is 197 g/mol. The standard InChI is InChI=1S/C10H15NO3/c1-9(2)6-3-4-10(9,7(12)5-6)8(13)11-14/h6,14H,3-5H2,1-2H3,(H,11,13)/t6?,10-/m1/s1. The molecule has 1 unspecified atom stereocenters. The normalized spacial score (nSPS) is 38.8. The molecule has 0 aromatic carbocycles. The summed E-state index contributed by atoms with van der Waals surface area (Å²) >= 11 is 0. The molecule has 2 rings (SSSR count). The maximum Gasteiger partial charge on any atom is 0.257 e. The van der Waals surface area contributed by atoms with Gasteiger partial charge in [0.05, 0.1) is 0 Å². The van der Waals surface area contributed by atoms with Crippen molar-refractivity contribution in [3.8, 4) is 0 Å². The molecule has 2 aliphatic rings. The van der Waals surface area contributed by atoms with Crippen LogP contribution in [0.15, 0.2) is 0 Å². The van der Waals surface area contributed by atoms with Crippen LogP contribution in [0, 0.1) is 16.7 Å². The first-order valence-corrected chi connectivity index (χ1v) is 4.94. The van der Waals surface area contributed by atoms with Gasteiger partial charge < -0.3 is 0 Å². The molecule has 2 fully saturated rings. The van der Waals surface area contributed by atoms with Gasteiger partial charge in [0.25, 0.3) is 5.91 Å². The van der Waals surface area contributed by atoms with E-state index in [2.05, 4.69) is 0 Å². The van der Waals surface area contributed by atoms with Gasteiger partial charge in [-0.1, -0.05) is 13.8 Å². The van der Waals surface area contributed by atoms with E-state index in [1.54, 1.807) is 5.48 Å². The molecular weight excluding hydrogens is 182 g/mol. The molecule has 14 heavy (non-hydrogen) atoms. The van der Waals surface area contributed by atoms with Gasteiger partial charge in [0, 0.05) is 6.42 Å². The van der Waals surface area contributed by atoms with Crippen molar-refractivity contribution in [2.75, 3.05) is 0 Å². The van der Waals surface area contributed by atoms with Crippen molar-refractivity contribution >= 4 is 11.7 Å². The van der Waals surface area contributed by atoms with Gasteiger partial charge in [0.15, 0.2) is 0 Å². The lowest BCUT2D eigenvalue weighted by atomic mass is 9.68. The third-order valence-electron chi connectivity index (χ3n) is 4.39. The fourth-order valence-electron chi connectivity index (χ4n) is 3.30. The molecule has 0 saturated heterocycles. The Morgan fingerprint density at radius 1 is 1.57 bits per heavy atom. The number of Topliss-reactive ketones (excluding diaryl/α,β-unsaturated/α-hetero) is 1. The number of hydrogen-bond acceptors (Lipinski definition) is 3. The lowest BCUT2D eigenvalue weighted by Crippen LogP contribution is -2.48. The molecule has 1 amide bonds. The lowest BCUT2D eigenvalue weighted by molar-refractivity contribution is -0.151. The highest BCUT2D eigenvalue weighted by atomic mass is 16.5. The summed E-state index contributed by atoms with van der Waals surface area (Å²) in [6.45, 7) is 3.90. The van der Waals surface area contributed by atoms with E-state index >= 15 is 0 Å². The molecule has 0 aromatic heterocycles. The molecule has 2 N–H and O–H groups in total. The number of amides is 1. The summed E-state index contributed by atoms with van der Waals surface area (Å²) in [4.78, 5) is 23.4. The van der Waals surface area contributed by atoms with Gasteiger partial charge >= 0.3 is 0 Å². The van der Waals surface area contributed by atoms with Gasteiger partial charge in [-0.15, -0.1) is 0 Å². The number of hydroxylamine groups is 1. The number of carbonyl (C=O) groups is 2. The summed E-state index contributed by atoms with van der Waals surface area (Å²) in [5.74, 6) is -0.231. The van der Waals surface area contributed by atoms with E-state index in [-0.39, 0.29) is 11.2 Å². The Morgan fingerprint density at radius 3 is 2.57 bits per heavy atom. The second-order valence-electron chi connectivity index (χ2n) is 4.93. The number of fused-ring (bicyclic) bond motifs is 2.